The van der Waals surface area contributed by atoms with Crippen LogP contribution in [0.15, 0.2) is 36.4 Å². The van der Waals surface area contributed by atoms with E-state index < -0.39 is 11.4 Å². The minimum Gasteiger partial charge on any atom is -0.477 e. The van der Waals surface area contributed by atoms with Crippen LogP contribution in [0.2, 0.25) is 5.02 Å². The smallest absolute Gasteiger partial charge is 0.270 e. The molecule has 1 aliphatic rings. The highest BCUT2D eigenvalue weighted by atomic mass is 35.5. The number of amides is 2. The Kier molecular flexibility index (Phi) is 6.41. The van der Waals surface area contributed by atoms with Crippen molar-refractivity contribution in [3.8, 4) is 17.0 Å². The molecule has 3 rings (SSSR count). The van der Waals surface area contributed by atoms with Crippen molar-refractivity contribution in [1.29, 1.82) is 5.41 Å². The molecule has 0 saturated heterocycles. The number of pyridine rings is 1. The van der Waals surface area contributed by atoms with Crippen LogP contribution in [0.3, 0.4) is 0 Å². The quantitative estimate of drug-likeness (QED) is 0.460. The first-order chi connectivity index (χ1) is 14.2. The summed E-state index contributed by atoms with van der Waals surface area (Å²) in [6.07, 6.45) is 2.27. The second-order valence-corrected chi connectivity index (χ2v) is 8.38. The van der Waals surface area contributed by atoms with Crippen LogP contribution in [0.5, 0.6) is 5.88 Å². The van der Waals surface area contributed by atoms with Crippen LogP contribution < -0.4 is 15.4 Å². The van der Waals surface area contributed by atoms with Crippen LogP contribution in [0.25, 0.3) is 11.1 Å². The van der Waals surface area contributed by atoms with Crippen LogP contribution in [-0.4, -0.2) is 34.8 Å². The SMILES string of the molecule is CC(=O)NC(=N)C(C)(C)NC(=O)c1ccc(-c2ccc(Cl)cc2)c(OCC2CC2)n1. The molecule has 158 valence electrons. The summed E-state index contributed by atoms with van der Waals surface area (Å²) in [6.45, 7) is 5.13. The summed E-state index contributed by atoms with van der Waals surface area (Å²) in [5.41, 5.74) is 0.752. The maximum atomic E-state index is 12.8. The van der Waals surface area contributed by atoms with Gasteiger partial charge >= 0.3 is 0 Å². The maximum Gasteiger partial charge on any atom is 0.270 e. The molecule has 7 nitrogen and oxygen atoms in total. The first-order valence-electron chi connectivity index (χ1n) is 9.74. The topological polar surface area (TPSA) is 104 Å². The van der Waals surface area contributed by atoms with Gasteiger partial charge < -0.3 is 15.4 Å². The fourth-order valence-corrected chi connectivity index (χ4v) is 2.88. The first kappa shape index (κ1) is 21.8. The number of amidine groups is 1. The third kappa shape index (κ3) is 5.57. The van der Waals surface area contributed by atoms with Crippen LogP contribution in [0.1, 0.15) is 44.1 Å². The van der Waals surface area contributed by atoms with E-state index in [1.54, 1.807) is 38.1 Å². The summed E-state index contributed by atoms with van der Waals surface area (Å²) in [7, 11) is 0. The van der Waals surface area contributed by atoms with Crippen LogP contribution in [0.4, 0.5) is 0 Å². The Morgan fingerprint density at radius 3 is 2.47 bits per heavy atom. The van der Waals surface area contributed by atoms with Gasteiger partial charge in [-0.05, 0) is 62.4 Å². The van der Waals surface area contributed by atoms with Gasteiger partial charge in [0.05, 0.1) is 12.1 Å². The molecule has 2 aromatic rings. The summed E-state index contributed by atoms with van der Waals surface area (Å²) in [5.74, 6) is -0.0325. The zero-order valence-corrected chi connectivity index (χ0v) is 18.0. The van der Waals surface area contributed by atoms with E-state index in [-0.39, 0.29) is 17.4 Å². The van der Waals surface area contributed by atoms with E-state index in [0.29, 0.717) is 23.4 Å². The molecule has 1 saturated carbocycles. The van der Waals surface area contributed by atoms with Crippen molar-refractivity contribution in [3.63, 3.8) is 0 Å². The zero-order chi connectivity index (χ0) is 21.9. The maximum absolute atomic E-state index is 12.8. The summed E-state index contributed by atoms with van der Waals surface area (Å²) in [6, 6.07) is 10.7. The number of benzene rings is 1. The molecule has 1 aromatic heterocycles. The van der Waals surface area contributed by atoms with Crippen molar-refractivity contribution in [1.82, 2.24) is 15.6 Å². The number of nitrogens with zero attached hydrogens (tertiary/aromatic N) is 1. The lowest BCUT2D eigenvalue weighted by Gasteiger charge is -2.27. The molecule has 0 atom stereocenters. The Hall–Kier alpha value is -2.93. The molecule has 0 aliphatic heterocycles. The Labute approximate surface area is 180 Å². The number of nitrogens with one attached hydrogen (secondary N) is 3. The molecule has 8 heteroatoms. The fraction of sp³-hybridized carbons (Fsp3) is 0.364. The Morgan fingerprint density at radius 2 is 1.87 bits per heavy atom. The lowest BCUT2D eigenvalue weighted by atomic mass is 10.0. The van der Waals surface area contributed by atoms with Gasteiger partial charge in [0.1, 0.15) is 11.5 Å². The van der Waals surface area contributed by atoms with E-state index in [4.69, 9.17) is 21.7 Å². The van der Waals surface area contributed by atoms with Crippen molar-refractivity contribution >= 4 is 29.3 Å². The molecule has 1 aliphatic carbocycles. The predicted octanol–water partition coefficient (Wildman–Crippen LogP) is 3.81. The zero-order valence-electron chi connectivity index (χ0n) is 17.2. The van der Waals surface area contributed by atoms with Gasteiger partial charge in [0, 0.05) is 17.5 Å². The lowest BCUT2D eigenvalue weighted by molar-refractivity contribution is -0.117. The van der Waals surface area contributed by atoms with Crippen molar-refractivity contribution in [3.05, 3.63) is 47.1 Å². The van der Waals surface area contributed by atoms with E-state index in [9.17, 15) is 9.59 Å². The molecule has 0 radical (unpaired) electrons. The lowest BCUT2D eigenvalue weighted by Crippen LogP contribution is -2.55. The molecule has 2 amide bonds. The number of ether oxygens (including phenoxy) is 1. The average Bonchev–Trinajstić information content (AvgIpc) is 3.50. The van der Waals surface area contributed by atoms with Gasteiger partial charge in [-0.15, -0.1) is 0 Å². The first-order valence-corrected chi connectivity index (χ1v) is 10.1. The third-order valence-electron chi connectivity index (χ3n) is 4.75. The minimum absolute atomic E-state index is 0.105. The molecule has 1 fully saturated rings. The molecule has 0 bridgehead atoms. The van der Waals surface area contributed by atoms with Gasteiger partial charge in [0.2, 0.25) is 11.8 Å². The minimum atomic E-state index is -1.08. The highest BCUT2D eigenvalue weighted by Crippen LogP contribution is 2.33. The van der Waals surface area contributed by atoms with E-state index in [1.165, 1.54) is 6.92 Å². The van der Waals surface area contributed by atoms with E-state index in [0.717, 1.165) is 24.0 Å². The normalized spacial score (nSPS) is 13.5. The third-order valence-corrected chi connectivity index (χ3v) is 5.00. The summed E-state index contributed by atoms with van der Waals surface area (Å²) >= 11 is 5.99. The van der Waals surface area contributed by atoms with Crippen molar-refractivity contribution < 1.29 is 14.3 Å². The van der Waals surface area contributed by atoms with Crippen molar-refractivity contribution in [2.75, 3.05) is 6.61 Å². The number of hydrogen-bond acceptors (Lipinski definition) is 5. The number of hydrogen-bond donors (Lipinski definition) is 3. The molecule has 0 spiro atoms. The van der Waals surface area contributed by atoms with E-state index in [2.05, 4.69) is 15.6 Å². The number of carbonyl (C=O) groups excluding carboxylic acids is 2. The Balaban J connectivity index is 1.84. The number of carbonyl (C=O) groups is 2. The monoisotopic (exact) mass is 428 g/mol. The van der Waals surface area contributed by atoms with Gasteiger partial charge in [-0.2, -0.15) is 0 Å². The number of aromatic nitrogens is 1. The molecule has 0 unspecified atom stereocenters. The van der Waals surface area contributed by atoms with Gasteiger partial charge in [-0.3, -0.25) is 15.0 Å². The second kappa shape index (κ2) is 8.83. The van der Waals surface area contributed by atoms with Crippen molar-refractivity contribution in [2.24, 2.45) is 5.92 Å². The predicted molar refractivity (Wildman–Crippen MR) is 116 cm³/mol. The highest BCUT2D eigenvalue weighted by Gasteiger charge is 2.28. The summed E-state index contributed by atoms with van der Waals surface area (Å²) in [4.78, 5) is 28.5. The molecular weight excluding hydrogens is 404 g/mol. The molecule has 30 heavy (non-hydrogen) atoms. The Bertz CT molecular complexity index is 969. The van der Waals surface area contributed by atoms with Crippen LogP contribution in [-0.2, 0) is 4.79 Å². The van der Waals surface area contributed by atoms with Crippen LogP contribution in [0, 0.1) is 11.3 Å². The van der Waals surface area contributed by atoms with E-state index >= 15 is 0 Å². The summed E-state index contributed by atoms with van der Waals surface area (Å²) < 4.78 is 5.94. The Morgan fingerprint density at radius 1 is 1.20 bits per heavy atom. The molecule has 1 aromatic carbocycles. The fourth-order valence-electron chi connectivity index (χ4n) is 2.75. The van der Waals surface area contributed by atoms with Gasteiger partial charge in [0.15, 0.2) is 0 Å². The number of halogens is 1. The highest BCUT2D eigenvalue weighted by molar-refractivity contribution is 6.30. The van der Waals surface area contributed by atoms with Gasteiger partial charge in [-0.25, -0.2) is 4.98 Å². The molecule has 3 N–H and O–H groups in total. The van der Waals surface area contributed by atoms with Gasteiger partial charge in [0.25, 0.3) is 5.91 Å². The van der Waals surface area contributed by atoms with Crippen LogP contribution >= 0.6 is 11.6 Å². The standard InChI is InChI=1S/C22H25ClN4O3/c1-13(28)25-21(24)22(2,3)27-19(29)18-11-10-17(15-6-8-16(23)9-7-15)20(26-18)30-12-14-4-5-14/h6-11,14H,4-5,12H2,1-3H3,(H,27,29)(H2,24,25,28). The average molecular weight is 429 g/mol. The molecule has 1 heterocycles. The summed E-state index contributed by atoms with van der Waals surface area (Å²) in [5, 5.41) is 13.8. The van der Waals surface area contributed by atoms with Gasteiger partial charge in [-0.1, -0.05) is 23.7 Å². The molecular formula is C22H25ClN4O3. The second-order valence-electron chi connectivity index (χ2n) is 7.95. The number of rotatable bonds is 7. The largest absolute Gasteiger partial charge is 0.477 e. The van der Waals surface area contributed by atoms with E-state index in [1.807, 2.05) is 12.1 Å². The van der Waals surface area contributed by atoms with Crippen molar-refractivity contribution in [2.45, 2.75) is 39.2 Å².